The van der Waals surface area contributed by atoms with E-state index >= 15 is 0 Å². The predicted molar refractivity (Wildman–Crippen MR) is 106 cm³/mol. The van der Waals surface area contributed by atoms with E-state index in [1.54, 1.807) is 7.11 Å². The van der Waals surface area contributed by atoms with Crippen molar-refractivity contribution in [3.05, 3.63) is 0 Å². The Kier molecular flexibility index (Phi) is 9.42. The van der Waals surface area contributed by atoms with Gasteiger partial charge in [-0.05, 0) is 19.8 Å². The Balaban J connectivity index is 0.00000242. The third-order valence-corrected chi connectivity index (χ3v) is 5.51. The van der Waals surface area contributed by atoms with Crippen molar-refractivity contribution in [3.8, 4) is 0 Å². The first-order valence-electron chi connectivity index (χ1n) is 8.04. The van der Waals surface area contributed by atoms with E-state index < -0.39 is 0 Å². The summed E-state index contributed by atoms with van der Waals surface area (Å²) in [4.78, 5) is 7.33. The zero-order valence-electron chi connectivity index (χ0n) is 13.8. The topological polar surface area (TPSA) is 62.9 Å². The van der Waals surface area contributed by atoms with Crippen LogP contribution in [0.15, 0.2) is 4.99 Å². The highest BCUT2D eigenvalue weighted by atomic mass is 127. The number of methoxy groups -OCH3 is 1. The monoisotopic (exact) mass is 442 g/mol. The number of nitrogens with one attached hydrogen (secondary N) is 1. The van der Waals surface area contributed by atoms with Crippen molar-refractivity contribution in [2.45, 2.75) is 44.2 Å². The molecule has 1 heterocycles. The van der Waals surface area contributed by atoms with Crippen LogP contribution in [0.25, 0.3) is 0 Å². The number of aliphatic imine (C=N–C) groups is 1. The van der Waals surface area contributed by atoms with Crippen LogP contribution >= 0.6 is 35.7 Å². The van der Waals surface area contributed by atoms with E-state index in [-0.39, 0.29) is 35.6 Å². The molecule has 2 fully saturated rings. The molecule has 5 nitrogen and oxygen atoms in total. The van der Waals surface area contributed by atoms with E-state index in [1.165, 1.54) is 50.3 Å². The van der Waals surface area contributed by atoms with Crippen LogP contribution < -0.4 is 11.1 Å². The molecule has 0 spiro atoms. The third kappa shape index (κ3) is 5.72. The van der Waals surface area contributed by atoms with Gasteiger partial charge in [-0.3, -0.25) is 9.89 Å². The minimum atomic E-state index is 0. The number of hydrogen-bond donors (Lipinski definition) is 2. The van der Waals surface area contributed by atoms with Gasteiger partial charge in [0.05, 0.1) is 13.2 Å². The molecular formula is C15H31IN4OS. The van der Waals surface area contributed by atoms with Crippen LogP contribution in [0, 0.1) is 0 Å². The van der Waals surface area contributed by atoms with Gasteiger partial charge in [-0.15, -0.1) is 24.0 Å². The highest BCUT2D eigenvalue weighted by Gasteiger charge is 2.39. The van der Waals surface area contributed by atoms with Crippen molar-refractivity contribution in [1.29, 1.82) is 0 Å². The van der Waals surface area contributed by atoms with E-state index in [0.29, 0.717) is 12.6 Å². The third-order valence-electron chi connectivity index (χ3n) is 4.57. The van der Waals surface area contributed by atoms with Crippen LogP contribution in [-0.2, 0) is 4.74 Å². The molecule has 0 aromatic carbocycles. The first-order valence-corrected chi connectivity index (χ1v) is 9.20. The molecule has 0 aromatic heterocycles. The zero-order chi connectivity index (χ0) is 15.1. The van der Waals surface area contributed by atoms with Crippen molar-refractivity contribution >= 4 is 41.7 Å². The lowest BCUT2D eigenvalue weighted by Gasteiger charge is -2.42. The molecule has 1 saturated heterocycles. The lowest BCUT2D eigenvalue weighted by molar-refractivity contribution is 0.112. The zero-order valence-corrected chi connectivity index (χ0v) is 17.0. The second kappa shape index (κ2) is 10.2. The predicted octanol–water partition coefficient (Wildman–Crippen LogP) is 1.91. The molecule has 1 unspecified atom stereocenters. The lowest BCUT2D eigenvalue weighted by Crippen LogP contribution is -2.53. The standard InChI is InChI=1S/C15H30N4OS.HI/c1-13(11-20-2)18-14(16)17-12-15(5-3-4-6-15)19-7-9-21-10-8-19;/h13H,3-12H2,1-2H3,(H3,16,17,18);1H. The molecule has 0 radical (unpaired) electrons. The summed E-state index contributed by atoms with van der Waals surface area (Å²) in [5.41, 5.74) is 6.29. The van der Waals surface area contributed by atoms with Gasteiger partial charge in [-0.2, -0.15) is 11.8 Å². The highest BCUT2D eigenvalue weighted by Crippen LogP contribution is 2.36. The van der Waals surface area contributed by atoms with Gasteiger partial charge in [0.25, 0.3) is 0 Å². The summed E-state index contributed by atoms with van der Waals surface area (Å²) in [5.74, 6) is 3.06. The molecule has 0 bridgehead atoms. The lowest BCUT2D eigenvalue weighted by atomic mass is 9.95. The van der Waals surface area contributed by atoms with Gasteiger partial charge < -0.3 is 15.8 Å². The van der Waals surface area contributed by atoms with Crippen molar-refractivity contribution in [2.75, 3.05) is 44.9 Å². The van der Waals surface area contributed by atoms with Crippen LogP contribution in [0.1, 0.15) is 32.6 Å². The Morgan fingerprint density at radius 2 is 2.00 bits per heavy atom. The second-order valence-electron chi connectivity index (χ2n) is 6.23. The maximum Gasteiger partial charge on any atom is 0.188 e. The molecule has 130 valence electrons. The Labute approximate surface area is 156 Å². The number of halogens is 1. The summed E-state index contributed by atoms with van der Waals surface area (Å²) < 4.78 is 5.11. The number of rotatable bonds is 6. The first-order chi connectivity index (χ1) is 10.2. The van der Waals surface area contributed by atoms with E-state index in [0.717, 1.165) is 6.54 Å². The van der Waals surface area contributed by atoms with Gasteiger partial charge in [0.2, 0.25) is 0 Å². The van der Waals surface area contributed by atoms with Crippen molar-refractivity contribution < 1.29 is 4.74 Å². The van der Waals surface area contributed by atoms with E-state index in [9.17, 15) is 0 Å². The van der Waals surface area contributed by atoms with Crippen LogP contribution in [0.4, 0.5) is 0 Å². The molecule has 2 aliphatic rings. The quantitative estimate of drug-likeness (QED) is 0.374. The Morgan fingerprint density at radius 1 is 1.36 bits per heavy atom. The number of hydrogen-bond acceptors (Lipinski definition) is 4. The molecule has 0 aromatic rings. The molecule has 1 atom stereocenters. The van der Waals surface area contributed by atoms with Crippen LogP contribution in [0.3, 0.4) is 0 Å². The average Bonchev–Trinajstić information content (AvgIpc) is 2.96. The van der Waals surface area contributed by atoms with Gasteiger partial charge in [0.15, 0.2) is 5.96 Å². The minimum absolute atomic E-state index is 0. The summed E-state index contributed by atoms with van der Waals surface area (Å²) in [6.45, 7) is 5.93. The number of nitrogens with two attached hydrogens (primary N) is 1. The highest BCUT2D eigenvalue weighted by molar-refractivity contribution is 14.0. The molecule has 7 heteroatoms. The van der Waals surface area contributed by atoms with Crippen molar-refractivity contribution in [3.63, 3.8) is 0 Å². The van der Waals surface area contributed by atoms with Gasteiger partial charge in [0.1, 0.15) is 0 Å². The maximum atomic E-state index is 6.03. The van der Waals surface area contributed by atoms with Crippen molar-refractivity contribution in [1.82, 2.24) is 10.2 Å². The normalized spacial score (nSPS) is 23.8. The Bertz CT molecular complexity index is 344. The van der Waals surface area contributed by atoms with Crippen LogP contribution in [0.2, 0.25) is 0 Å². The first kappa shape index (κ1) is 20.3. The summed E-state index contributed by atoms with van der Waals surface area (Å²) >= 11 is 2.07. The van der Waals surface area contributed by atoms with Crippen LogP contribution in [-0.4, -0.2) is 67.3 Å². The maximum absolute atomic E-state index is 6.03. The molecule has 1 aliphatic carbocycles. The number of guanidine groups is 1. The molecule has 3 N–H and O–H groups in total. The molecule has 2 rings (SSSR count). The fourth-order valence-electron chi connectivity index (χ4n) is 3.47. The smallest absolute Gasteiger partial charge is 0.188 e. The van der Waals surface area contributed by atoms with Crippen LogP contribution in [0.5, 0.6) is 0 Å². The molecular weight excluding hydrogens is 411 g/mol. The van der Waals surface area contributed by atoms with Crippen molar-refractivity contribution in [2.24, 2.45) is 10.7 Å². The molecule has 1 aliphatic heterocycles. The van der Waals surface area contributed by atoms with E-state index in [4.69, 9.17) is 10.5 Å². The molecule has 22 heavy (non-hydrogen) atoms. The van der Waals surface area contributed by atoms with Gasteiger partial charge in [0, 0.05) is 43.3 Å². The van der Waals surface area contributed by atoms with E-state index in [2.05, 4.69) is 33.9 Å². The summed E-state index contributed by atoms with van der Waals surface area (Å²) in [6.07, 6.45) is 5.18. The number of thioether (sulfide) groups is 1. The largest absolute Gasteiger partial charge is 0.383 e. The summed E-state index contributed by atoms with van der Waals surface area (Å²) in [5, 5.41) is 3.21. The molecule has 1 saturated carbocycles. The average molecular weight is 442 g/mol. The summed E-state index contributed by atoms with van der Waals surface area (Å²) in [6, 6.07) is 0.199. The van der Waals surface area contributed by atoms with Gasteiger partial charge >= 0.3 is 0 Å². The SMILES string of the molecule is COCC(C)NC(N)=NCC1(N2CCSCC2)CCCC1.I. The Morgan fingerprint density at radius 3 is 2.59 bits per heavy atom. The molecule has 0 amide bonds. The minimum Gasteiger partial charge on any atom is -0.383 e. The fourth-order valence-corrected chi connectivity index (χ4v) is 4.37. The van der Waals surface area contributed by atoms with Gasteiger partial charge in [-0.1, -0.05) is 12.8 Å². The number of nitrogens with zero attached hydrogens (tertiary/aromatic N) is 2. The fraction of sp³-hybridized carbons (Fsp3) is 0.933. The summed E-state index contributed by atoms with van der Waals surface area (Å²) in [7, 11) is 1.70. The van der Waals surface area contributed by atoms with Gasteiger partial charge in [-0.25, -0.2) is 0 Å². The second-order valence-corrected chi connectivity index (χ2v) is 7.46. The number of ether oxygens (including phenoxy) is 1. The van der Waals surface area contributed by atoms with E-state index in [1.807, 2.05) is 0 Å². The Hall–Kier alpha value is 0.270.